The summed E-state index contributed by atoms with van der Waals surface area (Å²) in [6, 6.07) is 13.2. The van der Waals surface area contributed by atoms with Gasteiger partial charge in [0.05, 0.1) is 29.9 Å². The molecule has 0 amide bonds. The van der Waals surface area contributed by atoms with Crippen molar-refractivity contribution in [1.29, 1.82) is 0 Å². The number of unbranched alkanes of at least 4 members (excludes halogenated alkanes) is 1. The molecule has 0 spiro atoms. The summed E-state index contributed by atoms with van der Waals surface area (Å²) in [5, 5.41) is 0. The predicted molar refractivity (Wildman–Crippen MR) is 107 cm³/mol. The molecule has 0 aliphatic carbocycles. The zero-order valence-electron chi connectivity index (χ0n) is 15.5. The van der Waals surface area contributed by atoms with Gasteiger partial charge in [0, 0.05) is 6.92 Å². The third kappa shape index (κ3) is 6.71. The van der Waals surface area contributed by atoms with Crippen LogP contribution in [0.2, 0.25) is 0 Å². The number of esters is 2. The van der Waals surface area contributed by atoms with E-state index < -0.39 is 0 Å². The normalized spacial score (nSPS) is 10.3. The topological polar surface area (TPSA) is 61.8 Å². The maximum atomic E-state index is 11.7. The molecule has 0 aliphatic heterocycles. The second-order valence-corrected chi connectivity index (χ2v) is 6.69. The molecule has 0 unspecified atom stereocenters. The molecule has 2 rings (SSSR count). The molecule has 0 radical (unpaired) electrons. The van der Waals surface area contributed by atoms with E-state index in [2.05, 4.69) is 15.9 Å². The molecule has 0 heterocycles. The molecule has 27 heavy (non-hydrogen) atoms. The highest BCUT2D eigenvalue weighted by atomic mass is 79.9. The number of carbonyl (C=O) groups is 2. The summed E-state index contributed by atoms with van der Waals surface area (Å²) in [6.45, 7) is 4.51. The Balaban J connectivity index is 1.92. The van der Waals surface area contributed by atoms with Crippen molar-refractivity contribution in [3.05, 3.63) is 52.5 Å². The fraction of sp³-hybridized carbons (Fsp3) is 0.333. The summed E-state index contributed by atoms with van der Waals surface area (Å²) in [5.74, 6) is 0.182. The fourth-order valence-corrected chi connectivity index (χ4v) is 2.91. The van der Waals surface area contributed by atoms with Gasteiger partial charge in [0.1, 0.15) is 5.75 Å². The number of halogens is 1. The summed E-state index contributed by atoms with van der Waals surface area (Å²) in [4.78, 5) is 22.4. The Hall–Kier alpha value is -2.34. The van der Waals surface area contributed by atoms with E-state index >= 15 is 0 Å². The zero-order valence-corrected chi connectivity index (χ0v) is 17.1. The Morgan fingerprint density at radius 2 is 1.59 bits per heavy atom. The quantitative estimate of drug-likeness (QED) is 0.409. The molecular formula is C21H23BrO5. The molecule has 0 aliphatic rings. The van der Waals surface area contributed by atoms with Crippen LogP contribution in [0.1, 0.15) is 37.0 Å². The van der Waals surface area contributed by atoms with Crippen molar-refractivity contribution < 1.29 is 23.8 Å². The molecule has 0 saturated heterocycles. The Bertz CT molecular complexity index is 771. The van der Waals surface area contributed by atoms with Crippen molar-refractivity contribution in [1.82, 2.24) is 0 Å². The van der Waals surface area contributed by atoms with Crippen molar-refractivity contribution in [3.63, 3.8) is 0 Å². The minimum Gasteiger partial charge on any atom is -0.492 e. The molecule has 2 aromatic rings. The van der Waals surface area contributed by atoms with E-state index in [0.717, 1.165) is 34.2 Å². The largest absolute Gasteiger partial charge is 0.492 e. The first kappa shape index (κ1) is 21.0. The van der Waals surface area contributed by atoms with Crippen LogP contribution in [0.5, 0.6) is 5.75 Å². The SMILES string of the molecule is CCOC(=O)c1ccc(-c2ccc(OCCCCOC(C)=O)c(Br)c2)cc1. The monoisotopic (exact) mass is 434 g/mol. The highest BCUT2D eigenvalue weighted by Gasteiger charge is 2.08. The van der Waals surface area contributed by atoms with Gasteiger partial charge in [0.2, 0.25) is 0 Å². The molecule has 2 aromatic carbocycles. The van der Waals surface area contributed by atoms with Crippen LogP contribution in [0.25, 0.3) is 11.1 Å². The van der Waals surface area contributed by atoms with Crippen LogP contribution < -0.4 is 4.74 Å². The van der Waals surface area contributed by atoms with Crippen molar-refractivity contribution in [2.45, 2.75) is 26.7 Å². The summed E-state index contributed by atoms with van der Waals surface area (Å²) >= 11 is 3.54. The lowest BCUT2D eigenvalue weighted by Gasteiger charge is -2.10. The first-order chi connectivity index (χ1) is 13.0. The van der Waals surface area contributed by atoms with E-state index in [1.165, 1.54) is 6.92 Å². The van der Waals surface area contributed by atoms with Crippen LogP contribution in [0, 0.1) is 0 Å². The van der Waals surface area contributed by atoms with Gasteiger partial charge in [-0.1, -0.05) is 18.2 Å². The van der Waals surface area contributed by atoms with E-state index in [1.807, 2.05) is 30.3 Å². The van der Waals surface area contributed by atoms with Crippen molar-refractivity contribution in [2.24, 2.45) is 0 Å². The van der Waals surface area contributed by atoms with E-state index in [9.17, 15) is 9.59 Å². The Labute approximate surface area is 167 Å². The minimum absolute atomic E-state index is 0.260. The number of ether oxygens (including phenoxy) is 3. The van der Waals surface area contributed by atoms with E-state index in [1.54, 1.807) is 19.1 Å². The summed E-state index contributed by atoms with van der Waals surface area (Å²) in [7, 11) is 0. The Kier molecular flexibility index (Phi) is 8.33. The summed E-state index contributed by atoms with van der Waals surface area (Å²) < 4.78 is 16.5. The van der Waals surface area contributed by atoms with Crippen LogP contribution in [0.3, 0.4) is 0 Å². The van der Waals surface area contributed by atoms with Gasteiger partial charge in [0.15, 0.2) is 0 Å². The molecule has 5 nitrogen and oxygen atoms in total. The second kappa shape index (κ2) is 10.7. The van der Waals surface area contributed by atoms with E-state index in [0.29, 0.717) is 25.4 Å². The van der Waals surface area contributed by atoms with Crippen LogP contribution in [-0.2, 0) is 14.3 Å². The average Bonchev–Trinajstić information content (AvgIpc) is 2.65. The summed E-state index contributed by atoms with van der Waals surface area (Å²) in [6.07, 6.45) is 1.57. The highest BCUT2D eigenvalue weighted by molar-refractivity contribution is 9.10. The van der Waals surface area contributed by atoms with Gasteiger partial charge < -0.3 is 14.2 Å². The lowest BCUT2D eigenvalue weighted by Crippen LogP contribution is -2.04. The number of rotatable bonds is 9. The van der Waals surface area contributed by atoms with Crippen LogP contribution in [0.15, 0.2) is 46.9 Å². The number of carbonyl (C=O) groups excluding carboxylic acids is 2. The number of hydrogen-bond donors (Lipinski definition) is 0. The molecule has 0 N–H and O–H groups in total. The first-order valence-electron chi connectivity index (χ1n) is 8.84. The second-order valence-electron chi connectivity index (χ2n) is 5.84. The first-order valence-corrected chi connectivity index (χ1v) is 9.64. The molecule has 0 aromatic heterocycles. The lowest BCUT2D eigenvalue weighted by atomic mass is 10.0. The van der Waals surface area contributed by atoms with Gasteiger partial charge in [-0.15, -0.1) is 0 Å². The van der Waals surface area contributed by atoms with Crippen LogP contribution >= 0.6 is 15.9 Å². The maximum absolute atomic E-state index is 11.7. The number of hydrogen-bond acceptors (Lipinski definition) is 5. The van der Waals surface area contributed by atoms with E-state index in [4.69, 9.17) is 14.2 Å². The minimum atomic E-state index is -0.317. The van der Waals surface area contributed by atoms with Crippen molar-refractivity contribution in [3.8, 4) is 16.9 Å². The molecule has 6 heteroatoms. The van der Waals surface area contributed by atoms with E-state index in [-0.39, 0.29) is 11.9 Å². The smallest absolute Gasteiger partial charge is 0.338 e. The Morgan fingerprint density at radius 3 is 2.22 bits per heavy atom. The number of benzene rings is 2. The van der Waals surface area contributed by atoms with Gasteiger partial charge in [-0.25, -0.2) is 4.79 Å². The zero-order chi connectivity index (χ0) is 19.6. The highest BCUT2D eigenvalue weighted by Crippen LogP contribution is 2.31. The van der Waals surface area contributed by atoms with Crippen molar-refractivity contribution >= 4 is 27.9 Å². The molecule has 0 atom stereocenters. The molecular weight excluding hydrogens is 412 g/mol. The molecule has 0 bridgehead atoms. The average molecular weight is 435 g/mol. The van der Waals surface area contributed by atoms with Gasteiger partial charge in [-0.2, -0.15) is 0 Å². The fourth-order valence-electron chi connectivity index (χ4n) is 2.41. The van der Waals surface area contributed by atoms with Crippen molar-refractivity contribution in [2.75, 3.05) is 19.8 Å². The summed E-state index contributed by atoms with van der Waals surface area (Å²) in [5.41, 5.74) is 2.55. The maximum Gasteiger partial charge on any atom is 0.338 e. The van der Waals surface area contributed by atoms with Gasteiger partial charge >= 0.3 is 11.9 Å². The third-order valence-corrected chi connectivity index (χ3v) is 4.38. The van der Waals surface area contributed by atoms with Crippen LogP contribution in [0.4, 0.5) is 0 Å². The Morgan fingerprint density at radius 1 is 0.926 bits per heavy atom. The van der Waals surface area contributed by atoms with Gasteiger partial charge in [0.25, 0.3) is 0 Å². The molecule has 0 fully saturated rings. The molecule has 0 saturated carbocycles. The standard InChI is InChI=1S/C21H23BrO5/c1-3-25-21(24)17-8-6-16(7-9-17)18-10-11-20(19(22)14-18)27-13-5-4-12-26-15(2)23/h6-11,14H,3-5,12-13H2,1-2H3. The van der Waals surface area contributed by atoms with Crippen LogP contribution in [-0.4, -0.2) is 31.8 Å². The molecule has 144 valence electrons. The lowest BCUT2D eigenvalue weighted by molar-refractivity contribution is -0.141. The third-order valence-electron chi connectivity index (χ3n) is 3.76. The van der Waals surface area contributed by atoms with Gasteiger partial charge in [-0.3, -0.25) is 4.79 Å². The van der Waals surface area contributed by atoms with Gasteiger partial charge in [-0.05, 0) is 71.1 Å². The predicted octanol–water partition coefficient (Wildman–Crippen LogP) is 5.01.